The minimum absolute atomic E-state index is 0.105. The van der Waals surface area contributed by atoms with E-state index in [-0.39, 0.29) is 12.7 Å². The van der Waals surface area contributed by atoms with E-state index >= 15 is 0 Å². The highest BCUT2D eigenvalue weighted by Gasteiger charge is 2.09. The van der Waals surface area contributed by atoms with Crippen LogP contribution in [0.3, 0.4) is 0 Å². The molecule has 0 aromatic carbocycles. The molecule has 6 N–H and O–H groups in total. The predicted octanol–water partition coefficient (Wildman–Crippen LogP) is 2.13. The molecule has 0 radical (unpaired) electrons. The van der Waals surface area contributed by atoms with Crippen LogP contribution in [-0.2, 0) is 4.79 Å². The molecule has 0 atom stereocenters. The van der Waals surface area contributed by atoms with Gasteiger partial charge in [0.25, 0.3) is 0 Å². The molecule has 0 spiro atoms. The molecule has 0 rings (SSSR count). The van der Waals surface area contributed by atoms with Crippen LogP contribution in [0.1, 0.15) is 71.1 Å². The van der Waals surface area contributed by atoms with E-state index in [1.54, 1.807) is 0 Å². The van der Waals surface area contributed by atoms with Crippen LogP contribution in [0.15, 0.2) is 0 Å². The predicted molar refractivity (Wildman–Crippen MR) is 101 cm³/mol. The number of hydrogen-bond acceptors (Lipinski definition) is 5. The minimum Gasteiger partial charge on any atom is -0.480 e. The highest BCUT2D eigenvalue weighted by Crippen LogP contribution is 2.10. The third kappa shape index (κ3) is 17.7. The summed E-state index contributed by atoms with van der Waals surface area (Å²) >= 11 is 0. The maximum atomic E-state index is 10.9. The van der Waals surface area contributed by atoms with E-state index in [0.717, 1.165) is 26.1 Å². The molecule has 6 heteroatoms. The van der Waals surface area contributed by atoms with Crippen molar-refractivity contribution in [2.75, 3.05) is 32.7 Å². The Hall–Kier alpha value is -0.690. The molecule has 144 valence electrons. The largest absolute Gasteiger partial charge is 0.480 e. The van der Waals surface area contributed by atoms with Crippen molar-refractivity contribution in [3.63, 3.8) is 0 Å². The number of aliphatic carboxylic acids is 1. The number of carboxylic acid groups (broad SMARTS) is 1. The maximum Gasteiger partial charge on any atom is 0.317 e. The van der Waals surface area contributed by atoms with Crippen LogP contribution < -0.4 is 16.8 Å². The minimum atomic E-state index is -0.766. The van der Waals surface area contributed by atoms with E-state index in [1.165, 1.54) is 57.8 Å². The lowest BCUT2D eigenvalue weighted by atomic mass is 10.1. The molecule has 0 heterocycles. The summed E-state index contributed by atoms with van der Waals surface area (Å²) in [5.74, 6) is -0.766. The van der Waals surface area contributed by atoms with Crippen LogP contribution in [0.2, 0.25) is 0 Å². The summed E-state index contributed by atoms with van der Waals surface area (Å²) in [5, 5.41) is 12.1. The topological polar surface area (TPSA) is 105 Å². The first-order valence-electron chi connectivity index (χ1n) is 9.72. The number of nitrogens with zero attached hydrogens (tertiary/aromatic N) is 1. The number of rotatable bonds is 18. The number of carboxylic acids is 1. The van der Waals surface area contributed by atoms with E-state index in [0.29, 0.717) is 6.54 Å². The van der Waals surface area contributed by atoms with E-state index in [4.69, 9.17) is 16.6 Å². The first-order valence-corrected chi connectivity index (χ1v) is 9.72. The normalized spacial score (nSPS) is 11.5. The zero-order valence-electron chi connectivity index (χ0n) is 15.6. The number of hydrogen-bond donors (Lipinski definition) is 4. The number of nitrogens with two attached hydrogens (primary N) is 2. The molecule has 0 saturated heterocycles. The van der Waals surface area contributed by atoms with Crippen LogP contribution >= 0.6 is 0 Å². The molecule has 0 aromatic rings. The zero-order chi connectivity index (χ0) is 18.0. The average molecular weight is 345 g/mol. The van der Waals surface area contributed by atoms with E-state index in [9.17, 15) is 4.79 Å². The standard InChI is InChI=1S/C18H40N4O2/c1-2-3-4-5-6-7-8-9-10-11-13-22(16-18(23)24)14-12-21-15-17(19)20/h17,21H,2-16,19-20H2,1H3,(H,23,24). The van der Waals surface area contributed by atoms with Crippen LogP contribution in [0.4, 0.5) is 0 Å². The Balaban J connectivity index is 3.58. The number of nitrogens with one attached hydrogen (secondary N) is 1. The summed E-state index contributed by atoms with van der Waals surface area (Å²) in [6, 6.07) is 0. The molecule has 0 aromatic heterocycles. The smallest absolute Gasteiger partial charge is 0.317 e. The fourth-order valence-corrected chi connectivity index (χ4v) is 2.79. The van der Waals surface area contributed by atoms with Crippen molar-refractivity contribution in [3.8, 4) is 0 Å². The molecule has 0 fully saturated rings. The molecule has 0 aliphatic carbocycles. The van der Waals surface area contributed by atoms with Crippen molar-refractivity contribution in [1.82, 2.24) is 10.2 Å². The SMILES string of the molecule is CCCCCCCCCCCCN(CCNCC(N)N)CC(=O)O. The van der Waals surface area contributed by atoms with Crippen LogP contribution in [0.5, 0.6) is 0 Å². The van der Waals surface area contributed by atoms with Crippen molar-refractivity contribution in [2.45, 2.75) is 77.3 Å². The van der Waals surface area contributed by atoms with Crippen molar-refractivity contribution >= 4 is 5.97 Å². The highest BCUT2D eigenvalue weighted by atomic mass is 16.4. The van der Waals surface area contributed by atoms with Gasteiger partial charge in [0, 0.05) is 19.6 Å². The second-order valence-electron chi connectivity index (χ2n) is 6.72. The lowest BCUT2D eigenvalue weighted by Crippen LogP contribution is -2.44. The van der Waals surface area contributed by atoms with Gasteiger partial charge in [0.05, 0.1) is 12.7 Å². The zero-order valence-corrected chi connectivity index (χ0v) is 15.6. The van der Waals surface area contributed by atoms with E-state index in [2.05, 4.69) is 12.2 Å². The fourth-order valence-electron chi connectivity index (χ4n) is 2.79. The molecule has 0 unspecified atom stereocenters. The fraction of sp³-hybridized carbons (Fsp3) is 0.944. The van der Waals surface area contributed by atoms with Gasteiger partial charge in [0.15, 0.2) is 0 Å². The Morgan fingerprint density at radius 2 is 1.50 bits per heavy atom. The second-order valence-corrected chi connectivity index (χ2v) is 6.72. The maximum absolute atomic E-state index is 10.9. The molecule has 6 nitrogen and oxygen atoms in total. The molecular weight excluding hydrogens is 304 g/mol. The van der Waals surface area contributed by atoms with Crippen LogP contribution in [0, 0.1) is 0 Å². The van der Waals surface area contributed by atoms with Gasteiger partial charge >= 0.3 is 5.97 Å². The quantitative estimate of drug-likeness (QED) is 0.224. The molecule has 0 aliphatic heterocycles. The monoisotopic (exact) mass is 344 g/mol. The van der Waals surface area contributed by atoms with E-state index < -0.39 is 5.97 Å². The molecule has 0 bridgehead atoms. The lowest BCUT2D eigenvalue weighted by Gasteiger charge is -2.20. The Kier molecular flexibility index (Phi) is 16.7. The summed E-state index contributed by atoms with van der Waals surface area (Å²) in [6.45, 7) is 5.19. The first-order chi connectivity index (χ1) is 11.6. The van der Waals surface area contributed by atoms with Crippen LogP contribution in [0.25, 0.3) is 0 Å². The van der Waals surface area contributed by atoms with Gasteiger partial charge in [-0.2, -0.15) is 0 Å². The summed E-state index contributed by atoms with van der Waals surface area (Å²) in [4.78, 5) is 12.9. The number of carbonyl (C=O) groups is 1. The lowest BCUT2D eigenvalue weighted by molar-refractivity contribution is -0.138. The van der Waals surface area contributed by atoms with Crippen molar-refractivity contribution in [1.29, 1.82) is 0 Å². The molecule has 0 amide bonds. The van der Waals surface area contributed by atoms with Gasteiger partial charge in [0.1, 0.15) is 0 Å². The van der Waals surface area contributed by atoms with Crippen molar-refractivity contribution < 1.29 is 9.90 Å². The molecular formula is C18H40N4O2. The van der Waals surface area contributed by atoms with E-state index in [1.807, 2.05) is 4.90 Å². The summed E-state index contributed by atoms with van der Waals surface area (Å²) in [5.41, 5.74) is 10.9. The Bertz CT molecular complexity index is 288. The van der Waals surface area contributed by atoms with Gasteiger partial charge in [-0.05, 0) is 13.0 Å². The van der Waals surface area contributed by atoms with Gasteiger partial charge < -0.3 is 21.9 Å². The first kappa shape index (κ1) is 23.3. The summed E-state index contributed by atoms with van der Waals surface area (Å²) in [7, 11) is 0. The van der Waals surface area contributed by atoms with Gasteiger partial charge in [-0.15, -0.1) is 0 Å². The molecule has 24 heavy (non-hydrogen) atoms. The molecule has 0 aliphatic rings. The Morgan fingerprint density at radius 3 is 2.00 bits per heavy atom. The van der Waals surface area contributed by atoms with Gasteiger partial charge in [-0.1, -0.05) is 64.7 Å². The Morgan fingerprint density at radius 1 is 0.958 bits per heavy atom. The van der Waals surface area contributed by atoms with Gasteiger partial charge in [0.2, 0.25) is 0 Å². The summed E-state index contributed by atoms with van der Waals surface area (Å²) in [6.07, 6.45) is 12.6. The Labute approximate surface area is 148 Å². The highest BCUT2D eigenvalue weighted by molar-refractivity contribution is 5.69. The van der Waals surface area contributed by atoms with Crippen molar-refractivity contribution in [3.05, 3.63) is 0 Å². The third-order valence-corrected chi connectivity index (χ3v) is 4.17. The summed E-state index contributed by atoms with van der Waals surface area (Å²) < 4.78 is 0. The van der Waals surface area contributed by atoms with Gasteiger partial charge in [-0.3, -0.25) is 9.69 Å². The van der Waals surface area contributed by atoms with Crippen LogP contribution in [-0.4, -0.2) is 54.9 Å². The second kappa shape index (κ2) is 17.1. The van der Waals surface area contributed by atoms with Gasteiger partial charge in [-0.25, -0.2) is 0 Å². The van der Waals surface area contributed by atoms with Crippen molar-refractivity contribution in [2.24, 2.45) is 11.5 Å². The number of unbranched alkanes of at least 4 members (excludes halogenated alkanes) is 9. The molecule has 0 saturated carbocycles. The third-order valence-electron chi connectivity index (χ3n) is 4.17. The average Bonchev–Trinajstić information content (AvgIpc) is 2.52.